The van der Waals surface area contributed by atoms with Crippen molar-refractivity contribution in [2.45, 2.75) is 33.1 Å². The molecule has 0 spiro atoms. The first-order valence-electron chi connectivity index (χ1n) is 10.7. The molecule has 0 amide bonds. The topological polar surface area (TPSA) is 84.4 Å². The van der Waals surface area contributed by atoms with E-state index in [-0.39, 0.29) is 6.10 Å². The molecule has 1 atom stereocenters. The molecule has 0 unspecified atom stereocenters. The van der Waals surface area contributed by atoms with Crippen LogP contribution in [0, 0.1) is 0 Å². The maximum atomic E-state index is 6.07. The molecule has 2 aromatic carbocycles. The Hall–Kier alpha value is -3.65. The van der Waals surface area contributed by atoms with Gasteiger partial charge in [-0.3, -0.25) is 4.68 Å². The Kier molecular flexibility index (Phi) is 5.60. The van der Waals surface area contributed by atoms with Crippen molar-refractivity contribution in [1.29, 1.82) is 0 Å². The number of hydrogen-bond acceptors (Lipinski definition) is 7. The summed E-state index contributed by atoms with van der Waals surface area (Å²) >= 11 is 0. The minimum Gasteiger partial charge on any atom is -0.494 e. The lowest BCUT2D eigenvalue weighted by atomic mass is 10.1. The van der Waals surface area contributed by atoms with E-state index in [0.717, 1.165) is 28.3 Å². The molecule has 0 fully saturated rings. The molecule has 0 radical (unpaired) electrons. The Morgan fingerprint density at radius 2 is 1.81 bits per heavy atom. The van der Waals surface area contributed by atoms with Crippen molar-refractivity contribution in [1.82, 2.24) is 19.9 Å². The lowest BCUT2D eigenvalue weighted by Gasteiger charge is -2.24. The molecular formula is C24H24N4O4. The van der Waals surface area contributed by atoms with Crippen molar-refractivity contribution in [3.63, 3.8) is 0 Å². The Morgan fingerprint density at radius 1 is 1.00 bits per heavy atom. The molecule has 1 aliphatic rings. The Balaban J connectivity index is 1.33. The van der Waals surface area contributed by atoms with E-state index in [1.165, 1.54) is 0 Å². The highest BCUT2D eigenvalue weighted by Gasteiger charge is 2.24. The van der Waals surface area contributed by atoms with Crippen molar-refractivity contribution >= 4 is 0 Å². The average Bonchev–Trinajstić information content (AvgIpc) is 3.47. The molecule has 2 aromatic heterocycles. The smallest absolute Gasteiger partial charge is 0.278 e. The predicted octanol–water partition coefficient (Wildman–Crippen LogP) is 4.67. The molecule has 8 nitrogen and oxygen atoms in total. The molecule has 1 aliphatic heterocycles. The second-order valence-corrected chi connectivity index (χ2v) is 7.39. The van der Waals surface area contributed by atoms with Crippen LogP contribution in [0.4, 0.5) is 0 Å². The number of ether oxygens (including phenoxy) is 3. The average molecular weight is 432 g/mol. The van der Waals surface area contributed by atoms with E-state index in [4.69, 9.17) is 18.7 Å². The van der Waals surface area contributed by atoms with Gasteiger partial charge in [-0.05, 0) is 49.7 Å². The number of fused-ring (bicyclic) bond motifs is 1. The van der Waals surface area contributed by atoms with Gasteiger partial charge in [-0.25, -0.2) is 0 Å². The third-order valence-electron chi connectivity index (χ3n) is 5.25. The van der Waals surface area contributed by atoms with Crippen molar-refractivity contribution in [2.24, 2.45) is 0 Å². The minimum absolute atomic E-state index is 0.0783. The van der Waals surface area contributed by atoms with E-state index in [0.29, 0.717) is 43.8 Å². The lowest BCUT2D eigenvalue weighted by molar-refractivity contribution is -0.00115. The first kappa shape index (κ1) is 20.3. The van der Waals surface area contributed by atoms with Gasteiger partial charge in [0.2, 0.25) is 5.82 Å². The van der Waals surface area contributed by atoms with Gasteiger partial charge in [0, 0.05) is 5.56 Å². The molecular weight excluding hydrogens is 408 g/mol. The van der Waals surface area contributed by atoms with Crippen LogP contribution in [0.1, 0.15) is 31.2 Å². The van der Waals surface area contributed by atoms with E-state index in [9.17, 15) is 0 Å². The molecule has 5 rings (SSSR count). The van der Waals surface area contributed by atoms with Gasteiger partial charge < -0.3 is 18.7 Å². The van der Waals surface area contributed by atoms with Gasteiger partial charge in [0.25, 0.3) is 5.89 Å². The molecule has 32 heavy (non-hydrogen) atoms. The molecule has 8 heteroatoms. The molecule has 0 N–H and O–H groups in total. The fraction of sp³-hybridized carbons (Fsp3) is 0.292. The van der Waals surface area contributed by atoms with E-state index >= 15 is 0 Å². The highest BCUT2D eigenvalue weighted by atomic mass is 16.5. The zero-order valence-corrected chi connectivity index (χ0v) is 18.0. The van der Waals surface area contributed by atoms with Gasteiger partial charge in [-0.2, -0.15) is 10.1 Å². The Bertz CT molecular complexity index is 1200. The molecule has 164 valence electrons. The fourth-order valence-corrected chi connectivity index (χ4v) is 3.71. The Morgan fingerprint density at radius 3 is 2.62 bits per heavy atom. The quantitative estimate of drug-likeness (QED) is 0.420. The molecule has 0 saturated carbocycles. The van der Waals surface area contributed by atoms with Crippen LogP contribution in [0.25, 0.3) is 23.0 Å². The van der Waals surface area contributed by atoms with Gasteiger partial charge in [-0.15, -0.1) is 0 Å². The fourth-order valence-electron chi connectivity index (χ4n) is 3.71. The van der Waals surface area contributed by atoms with E-state index in [1.807, 2.05) is 73.1 Å². The SMILES string of the molecule is CCOc1ccc([C@H]2Cn3nc(-c4nc(-c5cccc(OCC)c5)no4)cc3CO2)cc1. The summed E-state index contributed by atoms with van der Waals surface area (Å²) in [6, 6.07) is 17.6. The number of nitrogens with zero attached hydrogens (tertiary/aromatic N) is 4. The maximum Gasteiger partial charge on any atom is 0.278 e. The van der Waals surface area contributed by atoms with E-state index in [1.54, 1.807) is 0 Å². The van der Waals surface area contributed by atoms with Crippen LogP contribution in [0.3, 0.4) is 0 Å². The van der Waals surface area contributed by atoms with Crippen LogP contribution in [-0.2, 0) is 17.9 Å². The normalized spacial score (nSPS) is 15.4. The van der Waals surface area contributed by atoms with Gasteiger partial charge in [0.05, 0.1) is 32.1 Å². The second kappa shape index (κ2) is 8.84. The van der Waals surface area contributed by atoms with Crippen LogP contribution in [0.2, 0.25) is 0 Å². The summed E-state index contributed by atoms with van der Waals surface area (Å²) in [5.74, 6) is 2.50. The van der Waals surface area contributed by atoms with Crippen molar-refractivity contribution in [2.75, 3.05) is 13.2 Å². The van der Waals surface area contributed by atoms with Crippen LogP contribution < -0.4 is 9.47 Å². The van der Waals surface area contributed by atoms with Gasteiger partial charge in [-0.1, -0.05) is 29.4 Å². The predicted molar refractivity (Wildman–Crippen MR) is 117 cm³/mol. The van der Waals surface area contributed by atoms with Crippen molar-refractivity contribution < 1.29 is 18.7 Å². The summed E-state index contributed by atoms with van der Waals surface area (Å²) < 4.78 is 24.6. The molecule has 0 aliphatic carbocycles. The molecule has 0 bridgehead atoms. The highest BCUT2D eigenvalue weighted by Crippen LogP contribution is 2.30. The maximum absolute atomic E-state index is 6.07. The number of hydrogen-bond donors (Lipinski definition) is 0. The van der Waals surface area contributed by atoms with Gasteiger partial charge in [0.15, 0.2) is 5.69 Å². The summed E-state index contributed by atoms with van der Waals surface area (Å²) in [5.41, 5.74) is 3.52. The van der Waals surface area contributed by atoms with Gasteiger partial charge in [0.1, 0.15) is 17.6 Å². The van der Waals surface area contributed by atoms with E-state index in [2.05, 4.69) is 15.2 Å². The third kappa shape index (κ3) is 4.09. The summed E-state index contributed by atoms with van der Waals surface area (Å²) in [6.45, 7) is 6.24. The van der Waals surface area contributed by atoms with Crippen molar-refractivity contribution in [3.8, 4) is 34.5 Å². The summed E-state index contributed by atoms with van der Waals surface area (Å²) in [4.78, 5) is 4.54. The van der Waals surface area contributed by atoms with Gasteiger partial charge >= 0.3 is 0 Å². The summed E-state index contributed by atoms with van der Waals surface area (Å²) in [6.07, 6.45) is -0.0783. The highest BCUT2D eigenvalue weighted by molar-refractivity contribution is 5.59. The van der Waals surface area contributed by atoms with Crippen LogP contribution in [0.5, 0.6) is 11.5 Å². The molecule has 4 aromatic rings. The molecule has 0 saturated heterocycles. The third-order valence-corrected chi connectivity index (χ3v) is 5.25. The summed E-state index contributed by atoms with van der Waals surface area (Å²) in [5, 5.41) is 8.81. The molecule has 3 heterocycles. The van der Waals surface area contributed by atoms with E-state index < -0.39 is 0 Å². The van der Waals surface area contributed by atoms with Crippen LogP contribution >= 0.6 is 0 Å². The lowest BCUT2D eigenvalue weighted by Crippen LogP contribution is -2.21. The zero-order valence-electron chi connectivity index (χ0n) is 18.0. The zero-order chi connectivity index (χ0) is 21.9. The second-order valence-electron chi connectivity index (χ2n) is 7.39. The largest absolute Gasteiger partial charge is 0.494 e. The van der Waals surface area contributed by atoms with Crippen molar-refractivity contribution in [3.05, 3.63) is 65.9 Å². The minimum atomic E-state index is -0.0783. The first-order valence-corrected chi connectivity index (χ1v) is 10.7. The standard InChI is InChI=1S/C24H24N4O4/c1-3-29-19-10-8-16(9-11-19)22-14-28-18(15-31-22)13-21(26-28)24-25-23(27-32-24)17-6-5-7-20(12-17)30-4-2/h5-13,22H,3-4,14-15H2,1-2H3/t22-/m1/s1. The summed E-state index contributed by atoms with van der Waals surface area (Å²) in [7, 11) is 0. The Labute approximate surface area is 185 Å². The van der Waals surface area contributed by atoms with Crippen LogP contribution in [-0.4, -0.2) is 33.1 Å². The monoisotopic (exact) mass is 432 g/mol. The van der Waals surface area contributed by atoms with Crippen LogP contribution in [0.15, 0.2) is 59.1 Å². The first-order chi connectivity index (χ1) is 15.7. The number of rotatable bonds is 7. The number of benzene rings is 2. The number of aromatic nitrogens is 4.